The Morgan fingerprint density at radius 2 is 1.29 bits per heavy atom. The van der Waals surface area contributed by atoms with Crippen molar-refractivity contribution in [3.8, 4) is 0 Å². The number of rotatable bonds is 0. The molecule has 0 bridgehead atoms. The van der Waals surface area contributed by atoms with Crippen molar-refractivity contribution < 1.29 is 49.1 Å². The first kappa shape index (κ1) is 17.9. The van der Waals surface area contributed by atoms with Gasteiger partial charge in [0.15, 0.2) is 0 Å². The van der Waals surface area contributed by atoms with Gasteiger partial charge in [0, 0.05) is 0 Å². The molecule has 0 unspecified atom stereocenters. The highest BCUT2D eigenvalue weighted by molar-refractivity contribution is 6.42. The zero-order valence-corrected chi connectivity index (χ0v) is 10.7. The van der Waals surface area contributed by atoms with Gasteiger partial charge in [-0.3, -0.25) is 9.59 Å². The van der Waals surface area contributed by atoms with Gasteiger partial charge in [0.2, 0.25) is 0 Å². The van der Waals surface area contributed by atoms with E-state index in [1.807, 2.05) is 0 Å². The van der Waals surface area contributed by atoms with E-state index in [1.54, 1.807) is 0 Å². The van der Waals surface area contributed by atoms with Crippen LogP contribution in [0.2, 0.25) is 0 Å². The Kier molecular flexibility index (Phi) is 3.73. The summed E-state index contributed by atoms with van der Waals surface area (Å²) in [7, 11) is 0. The van der Waals surface area contributed by atoms with E-state index >= 15 is 0 Å². The van der Waals surface area contributed by atoms with Crippen molar-refractivity contribution >= 4 is 23.2 Å². The molecular formula is C11H2F9N2O2. The molecule has 0 atom stereocenters. The third-order valence-electron chi connectivity index (χ3n) is 2.83. The highest BCUT2D eigenvalue weighted by atomic mass is 19.4. The number of fused-ring (bicyclic) bond motifs is 1. The maximum atomic E-state index is 13.0. The molecular weight excluding hydrogens is 363 g/mol. The largest absolute Gasteiger partial charge is 0.419 e. The van der Waals surface area contributed by atoms with E-state index in [0.717, 1.165) is 0 Å². The van der Waals surface area contributed by atoms with Crippen LogP contribution in [-0.4, -0.2) is 11.8 Å². The van der Waals surface area contributed by atoms with Crippen LogP contribution in [0.5, 0.6) is 0 Å². The number of hydrogen-bond donors (Lipinski definition) is 1. The summed E-state index contributed by atoms with van der Waals surface area (Å²) in [6.45, 7) is 0. The van der Waals surface area contributed by atoms with E-state index in [0.29, 0.717) is 0 Å². The van der Waals surface area contributed by atoms with Gasteiger partial charge in [-0.2, -0.15) is 39.5 Å². The third kappa shape index (κ3) is 2.97. The van der Waals surface area contributed by atoms with Gasteiger partial charge in [-0.15, -0.1) is 0 Å². The van der Waals surface area contributed by atoms with Gasteiger partial charge < -0.3 is 5.32 Å². The Morgan fingerprint density at radius 1 is 0.792 bits per heavy atom. The van der Waals surface area contributed by atoms with E-state index < -0.39 is 58.4 Å². The average Bonchev–Trinajstić information content (AvgIpc) is 2.34. The lowest BCUT2D eigenvalue weighted by Gasteiger charge is -2.26. The van der Waals surface area contributed by atoms with Gasteiger partial charge in [0.25, 0.3) is 0 Å². The smallest absolute Gasteiger partial charge is 0.316 e. The van der Waals surface area contributed by atoms with Gasteiger partial charge in [0.1, 0.15) is 5.69 Å². The fourth-order valence-electron chi connectivity index (χ4n) is 2.01. The van der Waals surface area contributed by atoms with Gasteiger partial charge in [0.05, 0.1) is 22.4 Å². The number of nitrogens with one attached hydrogen (secondary N) is 1. The molecule has 1 aromatic rings. The molecule has 1 aromatic carbocycles. The highest BCUT2D eigenvalue weighted by Crippen LogP contribution is 2.52. The number of carbonyl (C=O) groups is 2. The molecule has 0 aliphatic carbocycles. The molecule has 2 amide bonds. The van der Waals surface area contributed by atoms with Crippen LogP contribution in [0.1, 0.15) is 16.7 Å². The van der Waals surface area contributed by atoms with Crippen LogP contribution in [0.15, 0.2) is 6.07 Å². The van der Waals surface area contributed by atoms with Crippen molar-refractivity contribution in [2.45, 2.75) is 18.5 Å². The van der Waals surface area contributed by atoms with Crippen molar-refractivity contribution in [1.82, 2.24) is 5.32 Å². The number of alkyl halides is 9. The predicted molar refractivity (Wildman–Crippen MR) is 56.9 cm³/mol. The maximum absolute atomic E-state index is 13.0. The highest BCUT2D eigenvalue weighted by Gasteiger charge is 2.53. The molecule has 0 saturated heterocycles. The lowest BCUT2D eigenvalue weighted by Crippen LogP contribution is -2.36. The van der Waals surface area contributed by atoms with Crippen LogP contribution in [0.25, 0.3) is 0 Å². The SMILES string of the molecule is O=C1[N]c2c(cc(C(F)(F)F)c(C(F)(F)F)c2C(F)(F)F)NC1=O. The van der Waals surface area contributed by atoms with E-state index in [2.05, 4.69) is 5.32 Å². The van der Waals surface area contributed by atoms with E-state index in [4.69, 9.17) is 0 Å². The standard InChI is InChI=1S/C11H2F9N2O2/c12-9(13,14)2-1-3-6(22-8(24)7(23)21-3)5(11(18,19)20)4(2)10(15,16)17/h1H,(H,21,23). The second-order valence-corrected chi connectivity index (χ2v) is 4.43. The van der Waals surface area contributed by atoms with Crippen molar-refractivity contribution in [3.63, 3.8) is 0 Å². The fraction of sp³-hybridized carbons (Fsp3) is 0.273. The van der Waals surface area contributed by atoms with E-state index in [9.17, 15) is 49.1 Å². The maximum Gasteiger partial charge on any atom is 0.419 e. The lowest BCUT2D eigenvalue weighted by atomic mass is 9.95. The summed E-state index contributed by atoms with van der Waals surface area (Å²) in [6.07, 6.45) is -17.8. The quantitative estimate of drug-likeness (QED) is 0.566. The summed E-state index contributed by atoms with van der Waals surface area (Å²) in [5, 5.41) is 3.92. The normalized spacial score (nSPS) is 15.7. The first-order valence-electron chi connectivity index (χ1n) is 5.63. The topological polar surface area (TPSA) is 60.3 Å². The average molecular weight is 365 g/mol. The Balaban J connectivity index is 2.99. The second-order valence-electron chi connectivity index (χ2n) is 4.43. The summed E-state index contributed by atoms with van der Waals surface area (Å²) in [5.41, 5.74) is -11.5. The summed E-state index contributed by atoms with van der Waals surface area (Å²) in [4.78, 5) is 22.1. The summed E-state index contributed by atoms with van der Waals surface area (Å²) < 4.78 is 116. The zero-order valence-electron chi connectivity index (χ0n) is 10.7. The molecule has 1 radical (unpaired) electrons. The van der Waals surface area contributed by atoms with Crippen molar-refractivity contribution in [2.75, 3.05) is 5.32 Å². The monoisotopic (exact) mass is 365 g/mol. The third-order valence-corrected chi connectivity index (χ3v) is 2.83. The molecule has 2 rings (SSSR count). The van der Waals surface area contributed by atoms with E-state index in [1.165, 1.54) is 5.32 Å². The minimum atomic E-state index is -6.05. The molecule has 0 spiro atoms. The minimum absolute atomic E-state index is 0.346. The van der Waals surface area contributed by atoms with Crippen LogP contribution in [0, 0.1) is 0 Å². The number of carbonyl (C=O) groups excluding carboxylic acids is 2. The van der Waals surface area contributed by atoms with Crippen molar-refractivity contribution in [1.29, 1.82) is 0 Å². The van der Waals surface area contributed by atoms with Gasteiger partial charge >= 0.3 is 30.3 Å². The number of nitrogens with zero attached hydrogens (tertiary/aromatic N) is 1. The Hall–Kier alpha value is -2.47. The Bertz CT molecular complexity index is 731. The summed E-state index contributed by atoms with van der Waals surface area (Å²) >= 11 is 0. The Labute approximate surface area is 125 Å². The molecule has 131 valence electrons. The first-order valence-corrected chi connectivity index (χ1v) is 5.63. The van der Waals surface area contributed by atoms with Gasteiger partial charge in [-0.1, -0.05) is 0 Å². The lowest BCUT2D eigenvalue weighted by molar-refractivity contribution is -0.174. The number of hydrogen-bond acceptors (Lipinski definition) is 2. The first-order chi connectivity index (χ1) is 10.6. The summed E-state index contributed by atoms with van der Waals surface area (Å²) in [5.74, 6) is -3.55. The fourth-order valence-corrected chi connectivity index (χ4v) is 2.01. The number of anilines is 1. The molecule has 0 aromatic heterocycles. The summed E-state index contributed by atoms with van der Waals surface area (Å²) in [6, 6.07) is -0.346. The molecule has 1 N–H and O–H groups in total. The molecule has 13 heteroatoms. The number of halogens is 9. The molecule has 24 heavy (non-hydrogen) atoms. The van der Waals surface area contributed by atoms with Crippen molar-refractivity contribution in [3.05, 3.63) is 22.8 Å². The zero-order chi connectivity index (χ0) is 18.7. The van der Waals surface area contributed by atoms with Crippen LogP contribution >= 0.6 is 0 Å². The molecule has 4 nitrogen and oxygen atoms in total. The second kappa shape index (κ2) is 5.01. The number of amides is 2. The minimum Gasteiger partial charge on any atom is -0.316 e. The van der Waals surface area contributed by atoms with Crippen LogP contribution < -0.4 is 10.6 Å². The molecule has 0 saturated carbocycles. The predicted octanol–water partition coefficient (Wildman–Crippen LogP) is 3.46. The van der Waals surface area contributed by atoms with Crippen LogP contribution in [0.3, 0.4) is 0 Å². The molecule has 1 aliphatic rings. The Morgan fingerprint density at radius 3 is 1.71 bits per heavy atom. The van der Waals surface area contributed by atoms with E-state index in [-0.39, 0.29) is 6.07 Å². The van der Waals surface area contributed by atoms with Gasteiger partial charge in [-0.05, 0) is 6.07 Å². The van der Waals surface area contributed by atoms with Gasteiger partial charge in [-0.25, -0.2) is 5.32 Å². The van der Waals surface area contributed by atoms with Crippen LogP contribution in [-0.2, 0) is 28.1 Å². The molecule has 1 heterocycles. The molecule has 0 fully saturated rings. The van der Waals surface area contributed by atoms with Crippen LogP contribution in [0.4, 0.5) is 50.9 Å². The molecule has 1 aliphatic heterocycles. The van der Waals surface area contributed by atoms with Crippen molar-refractivity contribution in [2.24, 2.45) is 0 Å². The number of benzene rings is 1.